The predicted octanol–water partition coefficient (Wildman–Crippen LogP) is 1.40. The van der Waals surface area contributed by atoms with Gasteiger partial charge in [0.15, 0.2) is 5.82 Å². The fraction of sp³-hybridized carbons (Fsp3) is 0.667. The van der Waals surface area contributed by atoms with Crippen molar-refractivity contribution in [1.29, 1.82) is 0 Å². The first kappa shape index (κ1) is 12.3. The van der Waals surface area contributed by atoms with E-state index in [1.165, 1.54) is 0 Å². The second kappa shape index (κ2) is 4.58. The molecule has 0 aliphatic carbocycles. The van der Waals surface area contributed by atoms with Gasteiger partial charge in [0.25, 0.3) is 0 Å². The molecule has 0 bridgehead atoms. The molecule has 1 aliphatic heterocycles. The Labute approximate surface area is 101 Å². The third-order valence-electron chi connectivity index (χ3n) is 2.90. The Balaban J connectivity index is 2.40. The molecule has 1 aromatic heterocycles. The predicted molar refractivity (Wildman–Crippen MR) is 64.5 cm³/mol. The Morgan fingerprint density at radius 2 is 2.18 bits per heavy atom. The van der Waals surface area contributed by atoms with E-state index in [2.05, 4.69) is 9.97 Å². The van der Waals surface area contributed by atoms with E-state index in [9.17, 15) is 0 Å². The SMILES string of the molecule is CCOC(C)(C)c1nc(N)c2c(n1)CCOC2. The van der Waals surface area contributed by atoms with Gasteiger partial charge in [-0.1, -0.05) is 0 Å². The van der Waals surface area contributed by atoms with E-state index in [0.29, 0.717) is 31.5 Å². The minimum Gasteiger partial charge on any atom is -0.383 e. The van der Waals surface area contributed by atoms with Gasteiger partial charge >= 0.3 is 0 Å². The van der Waals surface area contributed by atoms with Crippen LogP contribution < -0.4 is 5.73 Å². The van der Waals surface area contributed by atoms with Gasteiger partial charge in [0.1, 0.15) is 11.4 Å². The van der Waals surface area contributed by atoms with Crippen LogP contribution in [0, 0.1) is 0 Å². The van der Waals surface area contributed by atoms with Crippen molar-refractivity contribution in [2.24, 2.45) is 0 Å². The molecule has 0 fully saturated rings. The average Bonchev–Trinajstić information content (AvgIpc) is 2.29. The minimum absolute atomic E-state index is 0.504. The summed E-state index contributed by atoms with van der Waals surface area (Å²) in [6.45, 7) is 7.69. The minimum atomic E-state index is -0.504. The van der Waals surface area contributed by atoms with Crippen LogP contribution in [-0.4, -0.2) is 23.2 Å². The summed E-state index contributed by atoms with van der Waals surface area (Å²) in [7, 11) is 0. The molecule has 2 rings (SSSR count). The Bertz CT molecular complexity index is 418. The van der Waals surface area contributed by atoms with E-state index >= 15 is 0 Å². The Morgan fingerprint density at radius 3 is 2.88 bits per heavy atom. The van der Waals surface area contributed by atoms with E-state index in [0.717, 1.165) is 17.7 Å². The lowest BCUT2D eigenvalue weighted by atomic mass is 10.1. The summed E-state index contributed by atoms with van der Waals surface area (Å²) in [5.74, 6) is 1.16. The highest BCUT2D eigenvalue weighted by molar-refractivity contribution is 5.43. The Kier molecular flexibility index (Phi) is 3.31. The fourth-order valence-electron chi connectivity index (χ4n) is 1.95. The second-order valence-corrected chi connectivity index (χ2v) is 4.60. The molecule has 0 radical (unpaired) electrons. The molecule has 17 heavy (non-hydrogen) atoms. The van der Waals surface area contributed by atoms with Crippen LogP contribution in [0.25, 0.3) is 0 Å². The summed E-state index contributed by atoms with van der Waals surface area (Å²) in [4.78, 5) is 8.91. The van der Waals surface area contributed by atoms with Crippen LogP contribution in [-0.2, 0) is 28.1 Å². The molecule has 5 heteroatoms. The van der Waals surface area contributed by atoms with Crippen molar-refractivity contribution in [3.8, 4) is 0 Å². The number of rotatable bonds is 3. The normalized spacial score (nSPS) is 15.7. The average molecular weight is 237 g/mol. The zero-order valence-corrected chi connectivity index (χ0v) is 10.6. The standard InChI is InChI=1S/C12H19N3O2/c1-4-17-12(2,3)11-14-9-5-6-16-7-8(9)10(13)15-11/h4-7H2,1-3H3,(H2,13,14,15). The number of ether oxygens (including phenoxy) is 2. The molecule has 0 amide bonds. The maximum absolute atomic E-state index is 5.95. The third-order valence-corrected chi connectivity index (χ3v) is 2.90. The number of nitrogen functional groups attached to an aromatic ring is 1. The summed E-state index contributed by atoms with van der Waals surface area (Å²) in [6, 6.07) is 0. The van der Waals surface area contributed by atoms with Gasteiger partial charge in [0.2, 0.25) is 0 Å². The van der Waals surface area contributed by atoms with Gasteiger partial charge in [0.05, 0.1) is 18.9 Å². The maximum atomic E-state index is 5.95. The highest BCUT2D eigenvalue weighted by Gasteiger charge is 2.27. The second-order valence-electron chi connectivity index (χ2n) is 4.60. The monoisotopic (exact) mass is 237 g/mol. The van der Waals surface area contributed by atoms with Crippen molar-refractivity contribution in [3.63, 3.8) is 0 Å². The lowest BCUT2D eigenvalue weighted by molar-refractivity contribution is -0.0211. The number of nitrogens with two attached hydrogens (primary N) is 1. The van der Waals surface area contributed by atoms with Gasteiger partial charge in [-0.05, 0) is 20.8 Å². The number of nitrogens with zero attached hydrogens (tertiary/aromatic N) is 2. The van der Waals surface area contributed by atoms with Crippen LogP contribution in [0.2, 0.25) is 0 Å². The topological polar surface area (TPSA) is 70.3 Å². The van der Waals surface area contributed by atoms with Gasteiger partial charge in [0, 0.05) is 18.6 Å². The van der Waals surface area contributed by atoms with Crippen molar-refractivity contribution in [2.75, 3.05) is 18.9 Å². The molecule has 94 valence electrons. The Morgan fingerprint density at radius 1 is 1.41 bits per heavy atom. The molecule has 0 saturated carbocycles. The van der Waals surface area contributed by atoms with Gasteiger partial charge < -0.3 is 15.2 Å². The number of hydrogen-bond donors (Lipinski definition) is 1. The van der Waals surface area contributed by atoms with Gasteiger partial charge in [-0.25, -0.2) is 9.97 Å². The third kappa shape index (κ3) is 2.40. The molecule has 2 N–H and O–H groups in total. The van der Waals surface area contributed by atoms with Crippen molar-refractivity contribution < 1.29 is 9.47 Å². The number of anilines is 1. The molecule has 0 atom stereocenters. The van der Waals surface area contributed by atoms with Crippen LogP contribution in [0.3, 0.4) is 0 Å². The molecule has 0 unspecified atom stereocenters. The summed E-state index contributed by atoms with van der Waals surface area (Å²) in [6.07, 6.45) is 0.789. The first-order chi connectivity index (χ1) is 8.04. The Hall–Kier alpha value is -1.20. The number of fused-ring (bicyclic) bond motifs is 1. The fourth-order valence-corrected chi connectivity index (χ4v) is 1.95. The lowest BCUT2D eigenvalue weighted by Gasteiger charge is -2.25. The van der Waals surface area contributed by atoms with E-state index in [1.54, 1.807) is 0 Å². The summed E-state index contributed by atoms with van der Waals surface area (Å²) >= 11 is 0. The first-order valence-electron chi connectivity index (χ1n) is 5.92. The van der Waals surface area contributed by atoms with Crippen LogP contribution in [0.15, 0.2) is 0 Å². The van der Waals surface area contributed by atoms with Crippen LogP contribution in [0.1, 0.15) is 37.9 Å². The largest absolute Gasteiger partial charge is 0.383 e. The molecule has 0 aromatic carbocycles. The molecule has 2 heterocycles. The highest BCUT2D eigenvalue weighted by Crippen LogP contribution is 2.26. The van der Waals surface area contributed by atoms with Crippen molar-refractivity contribution in [1.82, 2.24) is 9.97 Å². The number of aromatic nitrogens is 2. The molecular formula is C12H19N3O2. The van der Waals surface area contributed by atoms with Gasteiger partial charge in [-0.3, -0.25) is 0 Å². The molecule has 1 aromatic rings. The zero-order valence-electron chi connectivity index (χ0n) is 10.6. The van der Waals surface area contributed by atoms with Crippen molar-refractivity contribution in [2.45, 2.75) is 39.4 Å². The molecular weight excluding hydrogens is 218 g/mol. The molecule has 5 nitrogen and oxygen atoms in total. The smallest absolute Gasteiger partial charge is 0.162 e. The number of hydrogen-bond acceptors (Lipinski definition) is 5. The maximum Gasteiger partial charge on any atom is 0.162 e. The van der Waals surface area contributed by atoms with E-state index < -0.39 is 5.60 Å². The highest BCUT2D eigenvalue weighted by atomic mass is 16.5. The molecule has 0 saturated heterocycles. The summed E-state index contributed by atoms with van der Waals surface area (Å²) in [5.41, 5.74) is 7.36. The molecule has 0 spiro atoms. The zero-order chi connectivity index (χ0) is 12.5. The van der Waals surface area contributed by atoms with Crippen LogP contribution >= 0.6 is 0 Å². The van der Waals surface area contributed by atoms with E-state index in [1.807, 2.05) is 20.8 Å². The van der Waals surface area contributed by atoms with E-state index in [-0.39, 0.29) is 0 Å². The van der Waals surface area contributed by atoms with E-state index in [4.69, 9.17) is 15.2 Å². The summed E-state index contributed by atoms with van der Waals surface area (Å²) < 4.78 is 11.0. The van der Waals surface area contributed by atoms with Gasteiger partial charge in [-0.2, -0.15) is 0 Å². The first-order valence-corrected chi connectivity index (χ1v) is 5.92. The quantitative estimate of drug-likeness (QED) is 0.860. The van der Waals surface area contributed by atoms with Crippen LogP contribution in [0.5, 0.6) is 0 Å². The lowest BCUT2D eigenvalue weighted by Crippen LogP contribution is -2.27. The van der Waals surface area contributed by atoms with Crippen molar-refractivity contribution >= 4 is 5.82 Å². The molecule has 1 aliphatic rings. The van der Waals surface area contributed by atoms with Crippen molar-refractivity contribution in [3.05, 3.63) is 17.1 Å². The van der Waals surface area contributed by atoms with Crippen LogP contribution in [0.4, 0.5) is 5.82 Å². The summed E-state index contributed by atoms with van der Waals surface area (Å²) in [5, 5.41) is 0. The van der Waals surface area contributed by atoms with Gasteiger partial charge in [-0.15, -0.1) is 0 Å².